The number of benzene rings is 1. The van der Waals surface area contributed by atoms with Gasteiger partial charge < -0.3 is 14.3 Å². The molecule has 0 aliphatic rings. The number of ether oxygens (including phenoxy) is 2. The average Bonchev–Trinajstić information content (AvgIpc) is 2.47. The van der Waals surface area contributed by atoms with E-state index in [2.05, 4.69) is 37.0 Å². The van der Waals surface area contributed by atoms with E-state index in [1.54, 1.807) is 6.07 Å². The molecule has 0 saturated heterocycles. The lowest BCUT2D eigenvalue weighted by atomic mass is 10.2. The summed E-state index contributed by atoms with van der Waals surface area (Å²) in [4.78, 5) is 5.14. The summed E-state index contributed by atoms with van der Waals surface area (Å²) in [6.45, 7) is 7.36. The Morgan fingerprint density at radius 2 is 1.88 bits per heavy atom. The minimum Gasteiger partial charge on any atom is -0.492 e. The van der Waals surface area contributed by atoms with Gasteiger partial charge in [-0.25, -0.2) is 0 Å². The summed E-state index contributed by atoms with van der Waals surface area (Å²) in [5.74, 6) is 1.41. The molecule has 1 rings (SSSR count). The lowest BCUT2D eigenvalue weighted by Crippen LogP contribution is -2.02. The summed E-state index contributed by atoms with van der Waals surface area (Å²) in [6, 6.07) is 3.68. The second kappa shape index (κ2) is 11.8. The first-order valence-corrected chi connectivity index (χ1v) is 9.56. The molecular weight excluding hydrogens is 461 g/mol. The molecule has 0 saturated carbocycles. The summed E-state index contributed by atoms with van der Waals surface area (Å²) in [7, 11) is 0. The van der Waals surface area contributed by atoms with Gasteiger partial charge in [0, 0.05) is 6.07 Å². The van der Waals surface area contributed by atoms with Gasteiger partial charge in [-0.2, -0.15) is 0 Å². The highest BCUT2D eigenvalue weighted by atomic mass is 79.9. The molecule has 0 atom stereocenters. The molecule has 0 radical (unpaired) electrons. The van der Waals surface area contributed by atoms with Crippen molar-refractivity contribution in [2.24, 2.45) is 5.16 Å². The smallest absolute Gasteiger partial charge is 0.141 e. The highest BCUT2D eigenvalue weighted by Gasteiger charge is 2.09. The fraction of sp³-hybridized carbons (Fsp3) is 0.471. The number of aryl methyl sites for hydroxylation is 1. The maximum absolute atomic E-state index is 6.29. The largest absolute Gasteiger partial charge is 0.492 e. The third-order valence-electron chi connectivity index (χ3n) is 2.81. The average molecular weight is 484 g/mol. The molecule has 134 valence electrons. The minimum atomic E-state index is 0.446. The van der Waals surface area contributed by atoms with E-state index in [0.29, 0.717) is 36.3 Å². The fourth-order valence-corrected chi connectivity index (χ4v) is 2.36. The van der Waals surface area contributed by atoms with Crippen molar-refractivity contribution in [2.75, 3.05) is 19.8 Å². The van der Waals surface area contributed by atoms with E-state index in [1.165, 1.54) is 0 Å². The number of hydrogen-bond donors (Lipinski definition) is 0. The minimum absolute atomic E-state index is 0.446. The van der Waals surface area contributed by atoms with Gasteiger partial charge in [0.25, 0.3) is 0 Å². The van der Waals surface area contributed by atoms with Crippen molar-refractivity contribution < 1.29 is 14.3 Å². The molecule has 0 spiro atoms. The van der Waals surface area contributed by atoms with Crippen LogP contribution >= 0.6 is 43.5 Å². The van der Waals surface area contributed by atoms with Gasteiger partial charge in [0.05, 0.1) is 20.7 Å². The molecule has 24 heavy (non-hydrogen) atoms. The van der Waals surface area contributed by atoms with E-state index in [-0.39, 0.29) is 0 Å². The Morgan fingerprint density at radius 1 is 1.17 bits per heavy atom. The van der Waals surface area contributed by atoms with Crippen LogP contribution in [0.5, 0.6) is 11.5 Å². The van der Waals surface area contributed by atoms with E-state index >= 15 is 0 Å². The van der Waals surface area contributed by atoms with E-state index in [9.17, 15) is 0 Å². The number of rotatable bonds is 10. The summed E-state index contributed by atoms with van der Waals surface area (Å²) in [6.07, 6.45) is 3.61. The molecule has 0 heterocycles. The Labute approximate surface area is 165 Å². The van der Waals surface area contributed by atoms with Gasteiger partial charge in [-0.1, -0.05) is 16.8 Å². The van der Waals surface area contributed by atoms with Gasteiger partial charge in [-0.05, 0) is 83.2 Å². The van der Waals surface area contributed by atoms with Crippen LogP contribution in [0.15, 0.2) is 26.8 Å². The topological polar surface area (TPSA) is 40.0 Å². The first-order chi connectivity index (χ1) is 11.4. The third kappa shape index (κ3) is 8.94. The lowest BCUT2D eigenvalue weighted by Gasteiger charge is -2.13. The zero-order valence-electron chi connectivity index (χ0n) is 14.1. The van der Waals surface area contributed by atoms with Gasteiger partial charge in [0.2, 0.25) is 0 Å². The highest BCUT2D eigenvalue weighted by molar-refractivity contribution is 9.28. The third-order valence-corrected chi connectivity index (χ3v) is 3.74. The molecule has 0 aliphatic carbocycles. The van der Waals surface area contributed by atoms with Crippen molar-refractivity contribution in [3.63, 3.8) is 0 Å². The SMILES string of the molecule is CC(C)=NOCCCCOc1c(C)cc(OCC=C(Br)Br)cc1Cl. The molecule has 0 bridgehead atoms. The first-order valence-electron chi connectivity index (χ1n) is 7.60. The molecule has 1 aromatic rings. The second-order valence-electron chi connectivity index (χ2n) is 5.28. The fourth-order valence-electron chi connectivity index (χ4n) is 1.78. The number of hydrogen-bond acceptors (Lipinski definition) is 4. The van der Waals surface area contributed by atoms with Crippen LogP contribution in [-0.2, 0) is 4.84 Å². The summed E-state index contributed by atoms with van der Waals surface area (Å²) >= 11 is 12.9. The van der Waals surface area contributed by atoms with E-state index < -0.39 is 0 Å². The number of halogens is 3. The maximum Gasteiger partial charge on any atom is 0.141 e. The van der Waals surface area contributed by atoms with Crippen LogP contribution in [0, 0.1) is 6.92 Å². The number of nitrogens with zero attached hydrogens (tertiary/aromatic N) is 1. The standard InChI is InChI=1S/C17H22Br2ClNO3/c1-12(2)21-24-8-5-4-7-23-17-13(3)10-14(11-15(17)20)22-9-6-16(18)19/h6,10-11H,4-5,7-9H2,1-3H3. The molecule has 0 unspecified atom stereocenters. The lowest BCUT2D eigenvalue weighted by molar-refractivity contribution is 0.135. The van der Waals surface area contributed by atoms with Crippen LogP contribution < -0.4 is 9.47 Å². The molecule has 1 aromatic carbocycles. The van der Waals surface area contributed by atoms with Crippen molar-refractivity contribution in [1.82, 2.24) is 0 Å². The van der Waals surface area contributed by atoms with E-state index in [4.69, 9.17) is 25.9 Å². The molecule has 4 nitrogen and oxygen atoms in total. The molecular formula is C17H22Br2ClNO3. The van der Waals surface area contributed by atoms with E-state index in [0.717, 1.165) is 27.5 Å². The van der Waals surface area contributed by atoms with Crippen LogP contribution in [-0.4, -0.2) is 25.5 Å². The maximum atomic E-state index is 6.29. The van der Waals surface area contributed by atoms with Crippen molar-refractivity contribution in [3.05, 3.63) is 32.2 Å². The molecule has 7 heteroatoms. The summed E-state index contributed by atoms with van der Waals surface area (Å²) in [5, 5.41) is 4.43. The van der Waals surface area contributed by atoms with Gasteiger partial charge in [0.15, 0.2) is 0 Å². The van der Waals surface area contributed by atoms with Crippen molar-refractivity contribution in [3.8, 4) is 11.5 Å². The molecule has 0 amide bonds. The van der Waals surface area contributed by atoms with Gasteiger partial charge in [0.1, 0.15) is 24.7 Å². The van der Waals surface area contributed by atoms with Gasteiger partial charge in [-0.3, -0.25) is 0 Å². The Bertz CT molecular complexity index is 560. The van der Waals surface area contributed by atoms with E-state index in [1.807, 2.05) is 32.9 Å². The van der Waals surface area contributed by atoms with Gasteiger partial charge >= 0.3 is 0 Å². The van der Waals surface area contributed by atoms with Crippen molar-refractivity contribution in [1.29, 1.82) is 0 Å². The summed E-state index contributed by atoms with van der Waals surface area (Å²) < 4.78 is 12.3. The number of unbranched alkanes of at least 4 members (excludes halogenated alkanes) is 1. The Balaban J connectivity index is 2.43. The Hall–Kier alpha value is -0.720. The van der Waals surface area contributed by atoms with Gasteiger partial charge in [-0.15, -0.1) is 0 Å². The van der Waals surface area contributed by atoms with Crippen molar-refractivity contribution >= 4 is 49.2 Å². The molecule has 0 N–H and O–H groups in total. The monoisotopic (exact) mass is 481 g/mol. The van der Waals surface area contributed by atoms with Crippen LogP contribution in [0.3, 0.4) is 0 Å². The second-order valence-corrected chi connectivity index (χ2v) is 8.46. The van der Waals surface area contributed by atoms with Crippen molar-refractivity contribution in [2.45, 2.75) is 33.6 Å². The normalized spacial score (nSPS) is 10.1. The highest BCUT2D eigenvalue weighted by Crippen LogP contribution is 2.33. The Morgan fingerprint density at radius 3 is 2.50 bits per heavy atom. The predicted molar refractivity (Wildman–Crippen MR) is 107 cm³/mol. The summed E-state index contributed by atoms with van der Waals surface area (Å²) in [5.41, 5.74) is 1.86. The zero-order valence-corrected chi connectivity index (χ0v) is 18.0. The van der Waals surface area contributed by atoms with Crippen LogP contribution in [0.4, 0.5) is 0 Å². The predicted octanol–water partition coefficient (Wildman–Crippen LogP) is 6.23. The molecule has 0 aliphatic heterocycles. The molecule has 0 fully saturated rings. The van der Waals surface area contributed by atoms with Crippen LogP contribution in [0.25, 0.3) is 0 Å². The zero-order chi connectivity index (χ0) is 17.9. The quantitative estimate of drug-likeness (QED) is 0.225. The van der Waals surface area contributed by atoms with Crippen LogP contribution in [0.1, 0.15) is 32.3 Å². The molecule has 0 aromatic heterocycles. The Kier molecular flexibility index (Phi) is 10.5. The van der Waals surface area contributed by atoms with Crippen LogP contribution in [0.2, 0.25) is 5.02 Å². The number of oxime groups is 1. The first kappa shape index (κ1) is 21.3.